The number of nitrogens with one attached hydrogen (secondary N) is 1. The molecule has 22 heavy (non-hydrogen) atoms. The molecular formula is C16H22N4O2. The highest BCUT2D eigenvalue weighted by molar-refractivity contribution is 5.69. The quantitative estimate of drug-likeness (QED) is 0.824. The van der Waals surface area contributed by atoms with Gasteiger partial charge < -0.3 is 20.2 Å². The molecule has 0 amide bonds. The number of rotatable bonds is 2. The van der Waals surface area contributed by atoms with E-state index in [2.05, 4.69) is 15.2 Å². The Morgan fingerprint density at radius 2 is 2.00 bits per heavy atom. The van der Waals surface area contributed by atoms with Crippen molar-refractivity contribution < 1.29 is 9.94 Å². The molecule has 118 valence electrons. The minimum absolute atomic E-state index is 0.542. The summed E-state index contributed by atoms with van der Waals surface area (Å²) < 4.78 is 6.63. The van der Waals surface area contributed by atoms with Gasteiger partial charge in [-0.15, -0.1) is 0 Å². The average Bonchev–Trinajstić information content (AvgIpc) is 2.98. The van der Waals surface area contributed by atoms with E-state index in [1.165, 1.54) is 10.3 Å². The lowest BCUT2D eigenvalue weighted by molar-refractivity contribution is 0.117. The van der Waals surface area contributed by atoms with Gasteiger partial charge in [-0.3, -0.25) is 4.98 Å². The topological polar surface area (TPSA) is 62.5 Å². The number of hydrogen-bond donors (Lipinski definition) is 2. The number of ether oxygens (including phenoxy) is 1. The van der Waals surface area contributed by atoms with Crippen LogP contribution in [0.4, 0.5) is 5.82 Å². The zero-order valence-corrected chi connectivity index (χ0v) is 12.7. The van der Waals surface area contributed by atoms with Gasteiger partial charge in [-0.05, 0) is 37.4 Å². The molecule has 4 heterocycles. The minimum atomic E-state index is 0.542. The van der Waals surface area contributed by atoms with Gasteiger partial charge in [0, 0.05) is 30.9 Å². The maximum atomic E-state index is 10.4. The lowest BCUT2D eigenvalue weighted by atomic mass is 9.89. The molecule has 4 aliphatic rings. The summed E-state index contributed by atoms with van der Waals surface area (Å²) in [4.78, 5) is 6.73. The van der Waals surface area contributed by atoms with Gasteiger partial charge in [0.05, 0.1) is 25.1 Å². The third-order valence-electron chi connectivity index (χ3n) is 4.80. The molecule has 0 bridgehead atoms. The maximum Gasteiger partial charge on any atom is 0.146 e. The molecule has 6 heteroatoms. The van der Waals surface area contributed by atoms with Crippen LogP contribution < -0.4 is 10.2 Å². The molecule has 4 rings (SSSR count). The molecule has 0 unspecified atom stereocenters. The van der Waals surface area contributed by atoms with Crippen LogP contribution in [0.5, 0.6) is 0 Å². The van der Waals surface area contributed by atoms with Crippen molar-refractivity contribution >= 4 is 5.82 Å². The SMILES string of the molecule is On1cc2c(C3CCNCC3)cnc-2cc1N1CCOCC1. The zero-order valence-electron chi connectivity index (χ0n) is 12.7. The van der Waals surface area contributed by atoms with Gasteiger partial charge in [0.15, 0.2) is 0 Å². The predicted octanol–water partition coefficient (Wildman–Crippen LogP) is 1.53. The van der Waals surface area contributed by atoms with Crippen molar-refractivity contribution in [1.82, 2.24) is 15.0 Å². The van der Waals surface area contributed by atoms with Crippen molar-refractivity contribution in [2.45, 2.75) is 18.8 Å². The number of morpholine rings is 1. The van der Waals surface area contributed by atoms with E-state index in [9.17, 15) is 5.21 Å². The lowest BCUT2D eigenvalue weighted by Crippen LogP contribution is -2.37. The summed E-state index contributed by atoms with van der Waals surface area (Å²) in [6, 6.07) is 1.99. The lowest BCUT2D eigenvalue weighted by Gasteiger charge is -2.30. The smallest absolute Gasteiger partial charge is 0.146 e. The number of piperidine rings is 1. The van der Waals surface area contributed by atoms with Crippen molar-refractivity contribution in [3.8, 4) is 11.3 Å². The van der Waals surface area contributed by atoms with Crippen LogP contribution in [0.2, 0.25) is 0 Å². The van der Waals surface area contributed by atoms with Gasteiger partial charge >= 0.3 is 0 Å². The molecule has 0 spiro atoms. The molecule has 0 aromatic heterocycles. The summed E-state index contributed by atoms with van der Waals surface area (Å²) in [5.41, 5.74) is 3.32. The number of anilines is 1. The van der Waals surface area contributed by atoms with Crippen LogP contribution >= 0.6 is 0 Å². The second-order valence-corrected chi connectivity index (χ2v) is 6.11. The van der Waals surface area contributed by atoms with E-state index >= 15 is 0 Å². The van der Waals surface area contributed by atoms with Crippen molar-refractivity contribution in [2.24, 2.45) is 0 Å². The van der Waals surface area contributed by atoms with E-state index in [0.717, 1.165) is 56.1 Å². The van der Waals surface area contributed by atoms with E-state index in [-0.39, 0.29) is 0 Å². The standard InChI is InChI=1S/C16H22N4O2/c21-20-11-14-13(12-1-3-17-4-2-12)10-18-15(14)9-16(20)19-5-7-22-8-6-19/h9-12,17,21H,1-8H2. The summed E-state index contributed by atoms with van der Waals surface area (Å²) in [7, 11) is 0. The normalized spacial score (nSPS) is 20.6. The van der Waals surface area contributed by atoms with Crippen LogP contribution in [-0.2, 0) is 4.74 Å². The molecule has 0 atom stereocenters. The highest BCUT2D eigenvalue weighted by Gasteiger charge is 2.24. The fourth-order valence-corrected chi connectivity index (χ4v) is 3.55. The van der Waals surface area contributed by atoms with Crippen LogP contribution in [0, 0.1) is 0 Å². The van der Waals surface area contributed by atoms with Crippen molar-refractivity contribution in [1.29, 1.82) is 0 Å². The monoisotopic (exact) mass is 302 g/mol. The number of nitrogens with zero attached hydrogens (tertiary/aromatic N) is 3. The third kappa shape index (κ3) is 2.42. The zero-order chi connectivity index (χ0) is 14.9. The van der Waals surface area contributed by atoms with Crippen molar-refractivity contribution in [3.63, 3.8) is 0 Å². The van der Waals surface area contributed by atoms with E-state index in [1.807, 2.05) is 18.5 Å². The van der Waals surface area contributed by atoms with Crippen LogP contribution in [0.1, 0.15) is 24.3 Å². The molecule has 2 fully saturated rings. The molecule has 0 aromatic carbocycles. The van der Waals surface area contributed by atoms with Gasteiger partial charge in [-0.1, -0.05) is 0 Å². The third-order valence-corrected chi connectivity index (χ3v) is 4.80. The van der Waals surface area contributed by atoms with E-state index in [1.54, 1.807) is 0 Å². The van der Waals surface area contributed by atoms with Gasteiger partial charge in [0.2, 0.25) is 0 Å². The van der Waals surface area contributed by atoms with Crippen molar-refractivity contribution in [3.05, 3.63) is 24.0 Å². The average molecular weight is 302 g/mol. The summed E-state index contributed by atoms with van der Waals surface area (Å²) in [5, 5.41) is 13.8. The Bertz CT molecular complexity index is 615. The Labute approximate surface area is 130 Å². The minimum Gasteiger partial charge on any atom is -0.427 e. The van der Waals surface area contributed by atoms with Crippen LogP contribution in [0.3, 0.4) is 0 Å². The summed E-state index contributed by atoms with van der Waals surface area (Å²) in [6.07, 6.45) is 6.09. The fourth-order valence-electron chi connectivity index (χ4n) is 3.55. The first-order valence-electron chi connectivity index (χ1n) is 8.06. The van der Waals surface area contributed by atoms with Gasteiger partial charge in [0.25, 0.3) is 0 Å². The molecular weight excluding hydrogens is 280 g/mol. The Kier molecular flexibility index (Phi) is 3.63. The second-order valence-electron chi connectivity index (χ2n) is 6.11. The Balaban J connectivity index is 1.68. The first kappa shape index (κ1) is 13.8. The largest absolute Gasteiger partial charge is 0.427 e. The van der Waals surface area contributed by atoms with Crippen LogP contribution in [-0.4, -0.2) is 54.3 Å². The molecule has 0 aliphatic carbocycles. The van der Waals surface area contributed by atoms with Crippen molar-refractivity contribution in [2.75, 3.05) is 44.3 Å². The first-order chi connectivity index (χ1) is 10.8. The van der Waals surface area contributed by atoms with Crippen LogP contribution in [0.15, 0.2) is 18.5 Å². The van der Waals surface area contributed by atoms with E-state index < -0.39 is 0 Å². The van der Waals surface area contributed by atoms with E-state index in [0.29, 0.717) is 19.1 Å². The number of aromatic nitrogens is 2. The first-order valence-corrected chi connectivity index (χ1v) is 8.06. The molecule has 0 radical (unpaired) electrons. The molecule has 0 saturated carbocycles. The van der Waals surface area contributed by atoms with Gasteiger partial charge in [-0.25, -0.2) is 0 Å². The second kappa shape index (κ2) is 5.78. The van der Waals surface area contributed by atoms with Gasteiger partial charge in [0.1, 0.15) is 5.82 Å². The molecule has 2 saturated heterocycles. The summed E-state index contributed by atoms with van der Waals surface area (Å²) in [5.74, 6) is 1.34. The Morgan fingerprint density at radius 1 is 1.23 bits per heavy atom. The molecule has 0 aromatic rings. The van der Waals surface area contributed by atoms with E-state index in [4.69, 9.17) is 4.74 Å². The van der Waals surface area contributed by atoms with Gasteiger partial charge in [-0.2, -0.15) is 4.73 Å². The Morgan fingerprint density at radius 3 is 2.77 bits per heavy atom. The van der Waals surface area contributed by atoms with Crippen LogP contribution in [0.25, 0.3) is 11.3 Å². The molecule has 4 aliphatic heterocycles. The summed E-state index contributed by atoms with van der Waals surface area (Å²) >= 11 is 0. The molecule has 6 nitrogen and oxygen atoms in total. The highest BCUT2D eigenvalue weighted by atomic mass is 16.5. The maximum absolute atomic E-state index is 10.4. The fraction of sp³-hybridized carbons (Fsp3) is 0.562. The molecule has 2 N–H and O–H groups in total. The highest BCUT2D eigenvalue weighted by Crippen LogP contribution is 2.36. The summed E-state index contributed by atoms with van der Waals surface area (Å²) in [6.45, 7) is 5.12. The number of fused-ring (bicyclic) bond motifs is 1. The number of pyridine rings is 1. The Hall–Kier alpha value is -1.79. The number of hydrogen-bond acceptors (Lipinski definition) is 5. The predicted molar refractivity (Wildman–Crippen MR) is 83.9 cm³/mol.